The number of fused-ring (bicyclic) bond motifs is 2. The fraction of sp³-hybridized carbons (Fsp3) is 0.188. The van der Waals surface area contributed by atoms with Crippen molar-refractivity contribution in [1.29, 1.82) is 5.26 Å². The number of H-pyrrole nitrogens is 1. The molecule has 0 radical (unpaired) electrons. The van der Waals surface area contributed by atoms with Crippen molar-refractivity contribution in [2.75, 3.05) is 0 Å². The summed E-state index contributed by atoms with van der Waals surface area (Å²) in [6, 6.07) is 54.1. The van der Waals surface area contributed by atoms with E-state index in [2.05, 4.69) is 74.8 Å². The Kier molecular flexibility index (Phi) is 15.4. The van der Waals surface area contributed by atoms with Gasteiger partial charge in [-0.2, -0.15) is 10.5 Å². The van der Waals surface area contributed by atoms with Gasteiger partial charge in [0, 0.05) is 52.7 Å². The highest BCUT2D eigenvalue weighted by Gasteiger charge is 2.21. The zero-order valence-electron chi connectivity index (χ0n) is 43.6. The highest BCUT2D eigenvalue weighted by molar-refractivity contribution is 5.89. The molecule has 11 aromatic rings. The van der Waals surface area contributed by atoms with Crippen LogP contribution in [0.5, 0.6) is 0 Å². The van der Waals surface area contributed by atoms with Crippen LogP contribution in [0.3, 0.4) is 0 Å². The van der Waals surface area contributed by atoms with E-state index in [9.17, 15) is 14.9 Å². The summed E-state index contributed by atoms with van der Waals surface area (Å²) in [5.41, 5.74) is 10.6. The van der Waals surface area contributed by atoms with E-state index in [-0.39, 0.29) is 11.1 Å². The molecular weight excluding hydrogens is 955 g/mol. The van der Waals surface area contributed by atoms with Crippen molar-refractivity contribution in [3.05, 3.63) is 242 Å². The number of hydrogen-bond acceptors (Lipinski definition) is 10. The lowest BCUT2D eigenvalue weighted by Gasteiger charge is -2.16. The molecule has 0 fully saturated rings. The molecule has 13 nitrogen and oxygen atoms in total. The molecule has 1 N–H and O–H groups in total. The molecule has 5 aromatic heterocycles. The maximum Gasteiger partial charge on any atom is 0.263 e. The Morgan fingerprint density at radius 2 is 0.987 bits per heavy atom. The molecule has 380 valence electrons. The molecule has 5 heterocycles. The van der Waals surface area contributed by atoms with E-state index in [1.54, 1.807) is 21.5 Å². The zero-order chi connectivity index (χ0) is 53.3. The van der Waals surface area contributed by atoms with E-state index < -0.39 is 0 Å². The van der Waals surface area contributed by atoms with Gasteiger partial charge in [-0.3, -0.25) is 9.59 Å². The molecule has 0 saturated heterocycles. The second kappa shape index (κ2) is 23.3. The average Bonchev–Trinajstić information content (AvgIpc) is 4.03. The number of hydrogen-bond donors (Lipinski definition) is 1. The Bertz CT molecular complexity index is 4030. The number of aromatic nitrogens is 10. The van der Waals surface area contributed by atoms with Crippen LogP contribution in [0.4, 0.5) is 0 Å². The number of nitrogens with one attached hydrogen (secondary N) is 1. The molecule has 0 saturated carbocycles. The Morgan fingerprint density at radius 3 is 1.47 bits per heavy atom. The lowest BCUT2D eigenvalue weighted by Crippen LogP contribution is -2.29. The van der Waals surface area contributed by atoms with Gasteiger partial charge >= 0.3 is 0 Å². The first kappa shape index (κ1) is 51.0. The summed E-state index contributed by atoms with van der Waals surface area (Å²) in [6.45, 7) is 8.07. The third kappa shape index (κ3) is 10.9. The SMILES string of the molecule is CCCCc1nc(C)n(-c2nccc3ccccc23)c(=O)c1Cc1ccc(-c2ccccc2-c2nn[nH]n2)cc1.CCCCc1nc(C)n(-c2nccc3ccccc23)c(=O)c1Cc1ccc(-c2ccccc2C#N)cc1. The molecule has 13 heteroatoms. The van der Waals surface area contributed by atoms with Gasteiger partial charge in [0.1, 0.15) is 23.3 Å². The van der Waals surface area contributed by atoms with Crippen molar-refractivity contribution in [2.45, 2.75) is 79.1 Å². The Balaban J connectivity index is 0.000000175. The summed E-state index contributed by atoms with van der Waals surface area (Å²) >= 11 is 0. The van der Waals surface area contributed by atoms with E-state index in [0.717, 1.165) is 110 Å². The van der Waals surface area contributed by atoms with Crippen molar-refractivity contribution in [3.63, 3.8) is 0 Å². The fourth-order valence-corrected chi connectivity index (χ4v) is 10.0. The normalized spacial score (nSPS) is 11.1. The molecule has 0 aliphatic carbocycles. The molecule has 0 spiro atoms. The van der Waals surface area contributed by atoms with Gasteiger partial charge in [-0.1, -0.05) is 166 Å². The van der Waals surface area contributed by atoms with Crippen LogP contribution in [0.1, 0.15) is 90.4 Å². The number of nitriles is 1. The molecule has 0 atom stereocenters. The first-order valence-corrected chi connectivity index (χ1v) is 26.2. The van der Waals surface area contributed by atoms with Crippen molar-refractivity contribution in [1.82, 2.24) is 49.7 Å². The summed E-state index contributed by atoms with van der Waals surface area (Å²) in [6.07, 6.45) is 10.00. The molecule has 0 amide bonds. The minimum atomic E-state index is -0.0682. The lowest BCUT2D eigenvalue weighted by molar-refractivity contribution is 0.730. The summed E-state index contributed by atoms with van der Waals surface area (Å²) in [5.74, 6) is 3.07. The zero-order valence-corrected chi connectivity index (χ0v) is 43.6. The van der Waals surface area contributed by atoms with Crippen LogP contribution in [-0.4, -0.2) is 49.7 Å². The summed E-state index contributed by atoms with van der Waals surface area (Å²) in [7, 11) is 0. The van der Waals surface area contributed by atoms with Crippen molar-refractivity contribution in [3.8, 4) is 51.3 Å². The Labute approximate surface area is 446 Å². The quantitative estimate of drug-likeness (QED) is 0.104. The molecule has 0 bridgehead atoms. The number of rotatable bonds is 15. The van der Waals surface area contributed by atoms with Crippen LogP contribution in [-0.2, 0) is 25.7 Å². The van der Waals surface area contributed by atoms with E-state index in [1.165, 1.54) is 0 Å². The first-order valence-electron chi connectivity index (χ1n) is 26.2. The van der Waals surface area contributed by atoms with Gasteiger partial charge in [0.2, 0.25) is 5.82 Å². The van der Waals surface area contributed by atoms with E-state index in [4.69, 9.17) is 9.97 Å². The van der Waals surface area contributed by atoms with Crippen LogP contribution in [0, 0.1) is 25.2 Å². The minimum Gasteiger partial charge on any atom is -0.268 e. The monoisotopic (exact) mass is 1010 g/mol. The average molecular weight is 1010 g/mol. The highest BCUT2D eigenvalue weighted by Crippen LogP contribution is 2.31. The third-order valence-electron chi connectivity index (χ3n) is 14.0. The van der Waals surface area contributed by atoms with Gasteiger partial charge in [-0.25, -0.2) is 29.1 Å². The number of aryl methyl sites for hydroxylation is 4. The minimum absolute atomic E-state index is 0.0611. The smallest absolute Gasteiger partial charge is 0.263 e. The number of tetrazole rings is 1. The molecule has 0 unspecified atom stereocenters. The van der Waals surface area contributed by atoms with Crippen LogP contribution in [0.25, 0.3) is 66.8 Å². The molecular formula is C64H57N11O2. The lowest BCUT2D eigenvalue weighted by atomic mass is 9.96. The predicted octanol–water partition coefficient (Wildman–Crippen LogP) is 12.4. The molecule has 0 aliphatic heterocycles. The number of benzene rings is 6. The fourth-order valence-electron chi connectivity index (χ4n) is 10.0. The predicted molar refractivity (Wildman–Crippen MR) is 304 cm³/mol. The topological polar surface area (TPSA) is 174 Å². The molecule has 11 rings (SSSR count). The maximum atomic E-state index is 14.1. The van der Waals surface area contributed by atoms with Crippen molar-refractivity contribution in [2.24, 2.45) is 0 Å². The van der Waals surface area contributed by atoms with Crippen LogP contribution in [0.15, 0.2) is 180 Å². The van der Waals surface area contributed by atoms with Gasteiger partial charge < -0.3 is 0 Å². The number of aromatic amines is 1. The van der Waals surface area contributed by atoms with E-state index >= 15 is 0 Å². The maximum absolute atomic E-state index is 14.1. The van der Waals surface area contributed by atoms with Crippen LogP contribution < -0.4 is 11.1 Å². The van der Waals surface area contributed by atoms with Crippen LogP contribution >= 0.6 is 0 Å². The van der Waals surface area contributed by atoms with Gasteiger partial charge in [-0.05, 0) is 107 Å². The Morgan fingerprint density at radius 1 is 0.532 bits per heavy atom. The summed E-state index contributed by atoms with van der Waals surface area (Å²) < 4.78 is 3.33. The van der Waals surface area contributed by atoms with Crippen molar-refractivity contribution >= 4 is 21.5 Å². The van der Waals surface area contributed by atoms with Gasteiger partial charge in [-0.15, -0.1) is 10.2 Å². The molecule has 77 heavy (non-hydrogen) atoms. The highest BCUT2D eigenvalue weighted by atomic mass is 16.1. The van der Waals surface area contributed by atoms with E-state index in [1.807, 2.05) is 147 Å². The van der Waals surface area contributed by atoms with Crippen molar-refractivity contribution < 1.29 is 0 Å². The van der Waals surface area contributed by atoms with Gasteiger partial charge in [0.25, 0.3) is 11.1 Å². The summed E-state index contributed by atoms with van der Waals surface area (Å²) in [5, 5.41) is 27.9. The first-order chi connectivity index (χ1) is 37.7. The van der Waals surface area contributed by atoms with E-state index in [0.29, 0.717) is 58.6 Å². The standard InChI is InChI=1S/C32H29N7O.C32H28N4O/c1-3-4-13-29-28(32(40)39(21(2)34-29)31-26-11-6-5-9-23(26)18-19-33-31)20-22-14-16-24(17-15-22)25-10-7-8-12-27(25)30-35-37-38-36-30;1-3-4-13-30-29(20-23-14-16-25(17-15-23)27-11-7-6-10-26(27)21-33)32(37)36(22(2)35-30)31-28-12-8-5-9-24(28)18-19-34-31/h5-12,14-19H,3-4,13,20H2,1-2H3,(H,35,36,37,38);5-12,14-19H,3-4,13,20H2,1-2H3. The summed E-state index contributed by atoms with van der Waals surface area (Å²) in [4.78, 5) is 47.3. The van der Waals surface area contributed by atoms with Crippen LogP contribution in [0.2, 0.25) is 0 Å². The van der Waals surface area contributed by atoms with Gasteiger partial charge in [0.05, 0.1) is 23.0 Å². The number of unbranched alkanes of at least 4 members (excludes halogenated alkanes) is 2. The number of pyridine rings is 2. The second-order valence-electron chi connectivity index (χ2n) is 19.1. The van der Waals surface area contributed by atoms with Gasteiger partial charge in [0.15, 0.2) is 0 Å². The third-order valence-corrected chi connectivity index (χ3v) is 14.0. The molecule has 0 aliphatic rings. The molecule has 6 aromatic carbocycles. The second-order valence-corrected chi connectivity index (χ2v) is 19.1. The number of nitrogens with zero attached hydrogens (tertiary/aromatic N) is 10. The largest absolute Gasteiger partial charge is 0.268 e. The Hall–Kier alpha value is -9.54.